The van der Waals surface area contributed by atoms with Crippen LogP contribution in [-0.2, 0) is 14.8 Å². The first-order chi connectivity index (χ1) is 8.81. The summed E-state index contributed by atoms with van der Waals surface area (Å²) in [6.45, 7) is 2.29. The standard InChI is InChI=1S/C12H18N2O4S/c1-9-4-10(13)6-11(5-9)19(16,17)14-7-12(15)2-3-18-8-12/h4-6,14-15H,2-3,7-8,13H2,1H3. The van der Waals surface area contributed by atoms with Crippen LogP contribution >= 0.6 is 0 Å². The van der Waals surface area contributed by atoms with E-state index >= 15 is 0 Å². The van der Waals surface area contributed by atoms with Crippen molar-refractivity contribution in [1.29, 1.82) is 0 Å². The maximum atomic E-state index is 12.1. The lowest BCUT2D eigenvalue weighted by Crippen LogP contribution is -2.43. The van der Waals surface area contributed by atoms with E-state index in [1.807, 2.05) is 0 Å². The normalized spacial score (nSPS) is 23.7. The van der Waals surface area contributed by atoms with Gasteiger partial charge in [0.2, 0.25) is 10.0 Å². The lowest BCUT2D eigenvalue weighted by molar-refractivity contribution is 0.0314. The van der Waals surface area contributed by atoms with Crippen LogP contribution in [0.15, 0.2) is 23.1 Å². The number of hydrogen-bond acceptors (Lipinski definition) is 5. The monoisotopic (exact) mass is 286 g/mol. The molecule has 1 heterocycles. The zero-order valence-corrected chi connectivity index (χ0v) is 11.5. The van der Waals surface area contributed by atoms with Crippen LogP contribution in [0.3, 0.4) is 0 Å². The highest BCUT2D eigenvalue weighted by molar-refractivity contribution is 7.89. The van der Waals surface area contributed by atoms with Gasteiger partial charge in [0.1, 0.15) is 5.60 Å². The summed E-state index contributed by atoms with van der Waals surface area (Å²) in [5.74, 6) is 0. The molecule has 7 heteroatoms. The number of nitrogen functional groups attached to an aromatic ring is 1. The van der Waals surface area contributed by atoms with Crippen LogP contribution in [-0.4, -0.2) is 38.9 Å². The van der Waals surface area contributed by atoms with Gasteiger partial charge in [0.25, 0.3) is 0 Å². The van der Waals surface area contributed by atoms with Crippen molar-refractivity contribution < 1.29 is 18.3 Å². The molecule has 0 bridgehead atoms. The van der Waals surface area contributed by atoms with Gasteiger partial charge in [0.05, 0.1) is 11.5 Å². The van der Waals surface area contributed by atoms with Gasteiger partial charge >= 0.3 is 0 Å². The molecule has 1 atom stereocenters. The summed E-state index contributed by atoms with van der Waals surface area (Å²) in [6, 6.07) is 4.62. The maximum absolute atomic E-state index is 12.1. The SMILES string of the molecule is Cc1cc(N)cc(S(=O)(=O)NCC2(O)CCOC2)c1. The zero-order valence-electron chi connectivity index (χ0n) is 10.7. The summed E-state index contributed by atoms with van der Waals surface area (Å²) >= 11 is 0. The lowest BCUT2D eigenvalue weighted by Gasteiger charge is -2.20. The minimum absolute atomic E-state index is 0.0663. The summed E-state index contributed by atoms with van der Waals surface area (Å²) in [5, 5.41) is 10.0. The van der Waals surface area contributed by atoms with E-state index < -0.39 is 15.6 Å². The van der Waals surface area contributed by atoms with Crippen molar-refractivity contribution in [2.24, 2.45) is 0 Å². The third kappa shape index (κ3) is 3.44. The average Bonchev–Trinajstić information content (AvgIpc) is 2.73. The van der Waals surface area contributed by atoms with Gasteiger partial charge in [-0.15, -0.1) is 0 Å². The van der Waals surface area contributed by atoms with Gasteiger partial charge in [-0.1, -0.05) is 0 Å². The Morgan fingerprint density at radius 3 is 2.79 bits per heavy atom. The fourth-order valence-corrected chi connectivity index (χ4v) is 3.24. The molecule has 2 rings (SSSR count). The minimum Gasteiger partial charge on any atom is -0.399 e. The molecule has 1 aliphatic heterocycles. The molecule has 0 amide bonds. The Hall–Kier alpha value is -1.15. The van der Waals surface area contributed by atoms with Crippen molar-refractivity contribution in [3.8, 4) is 0 Å². The number of aliphatic hydroxyl groups is 1. The first kappa shape index (κ1) is 14.3. The second-order valence-corrected chi connectivity index (χ2v) is 6.70. The number of aryl methyl sites for hydroxylation is 1. The van der Waals surface area contributed by atoms with Crippen molar-refractivity contribution >= 4 is 15.7 Å². The number of ether oxygens (including phenoxy) is 1. The highest BCUT2D eigenvalue weighted by atomic mass is 32.2. The summed E-state index contributed by atoms with van der Waals surface area (Å²) in [6.07, 6.45) is 0.422. The molecular weight excluding hydrogens is 268 g/mol. The predicted molar refractivity (Wildman–Crippen MR) is 71.2 cm³/mol. The Balaban J connectivity index is 2.13. The Bertz CT molecular complexity index is 545. The molecule has 1 aromatic carbocycles. The summed E-state index contributed by atoms with van der Waals surface area (Å²) in [7, 11) is -3.68. The first-order valence-electron chi connectivity index (χ1n) is 5.98. The van der Waals surface area contributed by atoms with E-state index in [1.165, 1.54) is 12.1 Å². The number of nitrogens with two attached hydrogens (primary N) is 1. The smallest absolute Gasteiger partial charge is 0.240 e. The number of benzene rings is 1. The third-order valence-corrected chi connectivity index (χ3v) is 4.44. The number of nitrogens with one attached hydrogen (secondary N) is 1. The molecule has 0 radical (unpaired) electrons. The van der Waals surface area contributed by atoms with Crippen LogP contribution < -0.4 is 10.5 Å². The Kier molecular flexibility index (Phi) is 3.82. The molecule has 1 saturated heterocycles. The highest BCUT2D eigenvalue weighted by Crippen LogP contribution is 2.20. The highest BCUT2D eigenvalue weighted by Gasteiger charge is 2.33. The van der Waals surface area contributed by atoms with E-state index in [-0.39, 0.29) is 18.0 Å². The van der Waals surface area contributed by atoms with Gasteiger partial charge < -0.3 is 15.6 Å². The van der Waals surface area contributed by atoms with Crippen molar-refractivity contribution in [2.75, 3.05) is 25.5 Å². The Morgan fingerprint density at radius 1 is 1.47 bits per heavy atom. The number of anilines is 1. The van der Waals surface area contributed by atoms with Gasteiger partial charge in [-0.3, -0.25) is 0 Å². The third-order valence-electron chi connectivity index (χ3n) is 3.06. The largest absolute Gasteiger partial charge is 0.399 e. The topological polar surface area (TPSA) is 102 Å². The van der Waals surface area contributed by atoms with E-state index in [0.717, 1.165) is 5.56 Å². The second-order valence-electron chi connectivity index (χ2n) is 4.93. The van der Waals surface area contributed by atoms with Gasteiger partial charge in [-0.2, -0.15) is 0 Å². The Labute approximate surface area is 112 Å². The molecule has 0 aromatic heterocycles. The molecule has 1 aliphatic rings. The quantitative estimate of drug-likeness (QED) is 0.677. The summed E-state index contributed by atoms with van der Waals surface area (Å²) < 4.78 is 31.7. The van der Waals surface area contributed by atoms with Crippen LogP contribution in [0.5, 0.6) is 0 Å². The Morgan fingerprint density at radius 2 is 2.21 bits per heavy atom. The van der Waals surface area contributed by atoms with Gasteiger partial charge in [0, 0.05) is 25.3 Å². The fraction of sp³-hybridized carbons (Fsp3) is 0.500. The maximum Gasteiger partial charge on any atom is 0.240 e. The predicted octanol–water partition coefficient (Wildman–Crippen LogP) is 0.00692. The van der Waals surface area contributed by atoms with Crippen LogP contribution in [0.25, 0.3) is 0 Å². The number of hydrogen-bond donors (Lipinski definition) is 3. The van der Waals surface area contributed by atoms with Gasteiger partial charge in [0.15, 0.2) is 0 Å². The van der Waals surface area contributed by atoms with Crippen molar-refractivity contribution in [3.05, 3.63) is 23.8 Å². The average molecular weight is 286 g/mol. The van der Waals surface area contributed by atoms with E-state index in [9.17, 15) is 13.5 Å². The molecule has 4 N–H and O–H groups in total. The molecule has 0 saturated carbocycles. The van der Waals surface area contributed by atoms with Crippen molar-refractivity contribution in [2.45, 2.75) is 23.8 Å². The lowest BCUT2D eigenvalue weighted by atomic mass is 10.1. The van der Waals surface area contributed by atoms with E-state index in [2.05, 4.69) is 4.72 Å². The first-order valence-corrected chi connectivity index (χ1v) is 7.46. The van der Waals surface area contributed by atoms with Gasteiger partial charge in [-0.25, -0.2) is 13.1 Å². The molecule has 0 aliphatic carbocycles. The van der Waals surface area contributed by atoms with Crippen LogP contribution in [0.2, 0.25) is 0 Å². The van der Waals surface area contributed by atoms with Crippen LogP contribution in [0.1, 0.15) is 12.0 Å². The van der Waals surface area contributed by atoms with E-state index in [1.54, 1.807) is 13.0 Å². The van der Waals surface area contributed by atoms with Gasteiger partial charge in [-0.05, 0) is 30.7 Å². The van der Waals surface area contributed by atoms with Crippen LogP contribution in [0.4, 0.5) is 5.69 Å². The molecule has 0 spiro atoms. The van der Waals surface area contributed by atoms with Crippen LogP contribution in [0, 0.1) is 6.92 Å². The van der Waals surface area contributed by atoms with Crippen molar-refractivity contribution in [1.82, 2.24) is 4.72 Å². The molecule has 1 unspecified atom stereocenters. The summed E-state index contributed by atoms with van der Waals surface area (Å²) in [4.78, 5) is 0.104. The molecule has 1 aromatic rings. The minimum atomic E-state index is -3.68. The molecular formula is C12H18N2O4S. The van der Waals surface area contributed by atoms with Crippen molar-refractivity contribution in [3.63, 3.8) is 0 Å². The molecule has 1 fully saturated rings. The molecule has 6 nitrogen and oxygen atoms in total. The fourth-order valence-electron chi connectivity index (χ4n) is 1.98. The molecule has 19 heavy (non-hydrogen) atoms. The summed E-state index contributed by atoms with van der Waals surface area (Å²) in [5.41, 5.74) is 5.68. The molecule has 106 valence electrons. The number of rotatable bonds is 4. The second kappa shape index (κ2) is 5.09. The van der Waals surface area contributed by atoms with E-state index in [0.29, 0.717) is 18.7 Å². The number of sulfonamides is 1. The van der Waals surface area contributed by atoms with E-state index in [4.69, 9.17) is 10.5 Å². The zero-order chi connectivity index (χ0) is 14.1.